The molecule has 0 aliphatic heterocycles. The van der Waals surface area contributed by atoms with Crippen molar-refractivity contribution in [3.05, 3.63) is 35.4 Å². The summed E-state index contributed by atoms with van der Waals surface area (Å²) in [6.07, 6.45) is 9.62. The Morgan fingerprint density at radius 3 is 2.35 bits per heavy atom. The summed E-state index contributed by atoms with van der Waals surface area (Å²) in [6.45, 7) is 1.62. The topological polar surface area (TPSA) is 17.1 Å². The first-order chi connectivity index (χ1) is 8.25. The predicted octanol–water partition coefficient (Wildman–Crippen LogP) is 4.40. The molecule has 0 saturated heterocycles. The molecule has 0 radical (unpaired) electrons. The molecule has 17 heavy (non-hydrogen) atoms. The largest absolute Gasteiger partial charge is 0.295 e. The van der Waals surface area contributed by atoms with E-state index in [0.717, 1.165) is 11.5 Å². The first-order valence-corrected chi connectivity index (χ1v) is 6.85. The summed E-state index contributed by atoms with van der Waals surface area (Å²) >= 11 is 0. The number of hydrogen-bond donors (Lipinski definition) is 0. The van der Waals surface area contributed by atoms with Gasteiger partial charge in [-0.2, -0.15) is 0 Å². The van der Waals surface area contributed by atoms with Crippen LogP contribution in [0.25, 0.3) is 0 Å². The van der Waals surface area contributed by atoms with Crippen molar-refractivity contribution in [1.82, 2.24) is 0 Å². The van der Waals surface area contributed by atoms with E-state index in [-0.39, 0.29) is 5.78 Å². The van der Waals surface area contributed by atoms with Gasteiger partial charge in [-0.1, -0.05) is 56.4 Å². The van der Waals surface area contributed by atoms with Crippen molar-refractivity contribution in [2.45, 2.75) is 51.9 Å². The zero-order valence-electron chi connectivity index (χ0n) is 10.7. The van der Waals surface area contributed by atoms with Gasteiger partial charge in [0.15, 0.2) is 5.78 Å². The van der Waals surface area contributed by atoms with Gasteiger partial charge in [0.25, 0.3) is 0 Å². The predicted molar refractivity (Wildman–Crippen MR) is 71.3 cm³/mol. The SMILES string of the molecule is CC(=O)c1ccc(CCC2CCCCC2)cc1. The van der Waals surface area contributed by atoms with Gasteiger partial charge in [-0.05, 0) is 31.2 Å². The van der Waals surface area contributed by atoms with Crippen LogP contribution in [0.5, 0.6) is 0 Å². The third-order valence-electron chi connectivity index (χ3n) is 3.93. The van der Waals surface area contributed by atoms with Crippen LogP contribution in [0.1, 0.15) is 61.4 Å². The lowest BCUT2D eigenvalue weighted by Crippen LogP contribution is -2.07. The van der Waals surface area contributed by atoms with Crippen LogP contribution in [-0.4, -0.2) is 5.78 Å². The Bertz CT molecular complexity index is 358. The third-order valence-corrected chi connectivity index (χ3v) is 3.93. The lowest BCUT2D eigenvalue weighted by molar-refractivity contribution is 0.101. The van der Waals surface area contributed by atoms with Gasteiger partial charge >= 0.3 is 0 Å². The molecule has 0 atom stereocenters. The zero-order chi connectivity index (χ0) is 12.1. The molecule has 0 heterocycles. The van der Waals surface area contributed by atoms with Crippen LogP contribution in [-0.2, 0) is 6.42 Å². The van der Waals surface area contributed by atoms with E-state index in [1.54, 1.807) is 6.92 Å². The highest BCUT2D eigenvalue weighted by Gasteiger charge is 2.12. The van der Waals surface area contributed by atoms with Crippen LogP contribution in [0.3, 0.4) is 0 Å². The van der Waals surface area contributed by atoms with Crippen LogP contribution >= 0.6 is 0 Å². The number of rotatable bonds is 4. The number of Topliss-reactive ketones (excluding diaryl/α,β-unsaturated/α-hetero) is 1. The molecule has 1 heteroatoms. The average Bonchev–Trinajstić information content (AvgIpc) is 2.38. The summed E-state index contributed by atoms with van der Waals surface area (Å²) in [4.78, 5) is 11.2. The normalized spacial score (nSPS) is 17.0. The summed E-state index contributed by atoms with van der Waals surface area (Å²) in [5.74, 6) is 1.10. The van der Waals surface area contributed by atoms with Crippen molar-refractivity contribution in [2.75, 3.05) is 0 Å². The standard InChI is InChI=1S/C16H22O/c1-13(17)16-11-9-15(10-12-16)8-7-14-5-3-2-4-6-14/h9-12,14H,2-8H2,1H3. The fraction of sp³-hybridized carbons (Fsp3) is 0.562. The highest BCUT2D eigenvalue weighted by molar-refractivity contribution is 5.93. The van der Waals surface area contributed by atoms with Crippen LogP contribution in [0.4, 0.5) is 0 Å². The minimum Gasteiger partial charge on any atom is -0.295 e. The molecule has 0 amide bonds. The van der Waals surface area contributed by atoms with Crippen molar-refractivity contribution >= 4 is 5.78 Å². The molecule has 0 aromatic heterocycles. The van der Waals surface area contributed by atoms with Gasteiger partial charge in [-0.15, -0.1) is 0 Å². The van der Waals surface area contributed by atoms with Crippen LogP contribution in [0.2, 0.25) is 0 Å². The minimum absolute atomic E-state index is 0.156. The van der Waals surface area contributed by atoms with E-state index >= 15 is 0 Å². The van der Waals surface area contributed by atoms with E-state index < -0.39 is 0 Å². The number of carbonyl (C=O) groups excluding carboxylic acids is 1. The second-order valence-corrected chi connectivity index (χ2v) is 5.30. The molecule has 1 aliphatic carbocycles. The fourth-order valence-corrected chi connectivity index (χ4v) is 2.75. The maximum absolute atomic E-state index is 11.2. The van der Waals surface area contributed by atoms with E-state index in [9.17, 15) is 4.79 Å². The van der Waals surface area contributed by atoms with Crippen molar-refractivity contribution in [3.8, 4) is 0 Å². The van der Waals surface area contributed by atoms with Crippen LogP contribution in [0.15, 0.2) is 24.3 Å². The van der Waals surface area contributed by atoms with Crippen molar-refractivity contribution in [2.24, 2.45) is 5.92 Å². The molecule has 0 bridgehead atoms. The highest BCUT2D eigenvalue weighted by atomic mass is 16.1. The monoisotopic (exact) mass is 230 g/mol. The summed E-state index contributed by atoms with van der Waals surface area (Å²) in [7, 11) is 0. The molecular weight excluding hydrogens is 208 g/mol. The zero-order valence-corrected chi connectivity index (χ0v) is 10.7. The summed E-state index contributed by atoms with van der Waals surface area (Å²) < 4.78 is 0. The molecule has 1 aromatic rings. The van der Waals surface area contributed by atoms with Crippen molar-refractivity contribution in [3.63, 3.8) is 0 Å². The van der Waals surface area contributed by atoms with E-state index in [1.807, 2.05) is 12.1 Å². The summed E-state index contributed by atoms with van der Waals surface area (Å²) in [6, 6.07) is 8.14. The molecule has 1 saturated carbocycles. The van der Waals surface area contributed by atoms with E-state index in [0.29, 0.717) is 0 Å². The Balaban J connectivity index is 1.84. The quantitative estimate of drug-likeness (QED) is 0.700. The molecule has 1 aliphatic rings. The van der Waals surface area contributed by atoms with Crippen LogP contribution < -0.4 is 0 Å². The Hall–Kier alpha value is -1.11. The summed E-state index contributed by atoms with van der Waals surface area (Å²) in [5.41, 5.74) is 2.20. The van der Waals surface area contributed by atoms with Gasteiger partial charge in [-0.3, -0.25) is 4.79 Å². The molecule has 0 unspecified atom stereocenters. The molecule has 0 spiro atoms. The van der Waals surface area contributed by atoms with Gasteiger partial charge < -0.3 is 0 Å². The molecule has 0 N–H and O–H groups in total. The van der Waals surface area contributed by atoms with Gasteiger partial charge in [-0.25, -0.2) is 0 Å². The summed E-state index contributed by atoms with van der Waals surface area (Å²) in [5, 5.41) is 0. The smallest absolute Gasteiger partial charge is 0.159 e. The second-order valence-electron chi connectivity index (χ2n) is 5.30. The van der Waals surface area contributed by atoms with Gasteiger partial charge in [0, 0.05) is 5.56 Å². The Morgan fingerprint density at radius 1 is 1.12 bits per heavy atom. The third kappa shape index (κ3) is 3.69. The van der Waals surface area contributed by atoms with Crippen molar-refractivity contribution < 1.29 is 4.79 Å². The van der Waals surface area contributed by atoms with Gasteiger partial charge in [0.1, 0.15) is 0 Å². The van der Waals surface area contributed by atoms with E-state index in [2.05, 4.69) is 12.1 Å². The molecule has 2 rings (SSSR count). The number of carbonyl (C=O) groups is 1. The molecule has 1 fully saturated rings. The number of benzene rings is 1. The molecular formula is C16H22O. The lowest BCUT2D eigenvalue weighted by atomic mass is 9.85. The number of ketones is 1. The Labute approximate surface area is 104 Å². The maximum atomic E-state index is 11.2. The van der Waals surface area contributed by atoms with Crippen molar-refractivity contribution in [1.29, 1.82) is 0 Å². The van der Waals surface area contributed by atoms with Gasteiger partial charge in [0.2, 0.25) is 0 Å². The maximum Gasteiger partial charge on any atom is 0.159 e. The molecule has 1 aromatic carbocycles. The first-order valence-electron chi connectivity index (χ1n) is 6.85. The fourth-order valence-electron chi connectivity index (χ4n) is 2.75. The van der Waals surface area contributed by atoms with Crippen LogP contribution in [0, 0.1) is 5.92 Å². The second kappa shape index (κ2) is 6.00. The first kappa shape index (κ1) is 12.3. The number of hydrogen-bond acceptors (Lipinski definition) is 1. The van der Waals surface area contributed by atoms with E-state index in [1.165, 1.54) is 50.5 Å². The Kier molecular flexibility index (Phi) is 4.36. The highest BCUT2D eigenvalue weighted by Crippen LogP contribution is 2.27. The lowest BCUT2D eigenvalue weighted by Gasteiger charge is -2.21. The number of aryl methyl sites for hydroxylation is 1. The molecule has 1 nitrogen and oxygen atoms in total. The average molecular weight is 230 g/mol. The Morgan fingerprint density at radius 2 is 1.76 bits per heavy atom. The van der Waals surface area contributed by atoms with Gasteiger partial charge in [0.05, 0.1) is 0 Å². The van der Waals surface area contributed by atoms with E-state index in [4.69, 9.17) is 0 Å². The molecule has 92 valence electrons. The minimum atomic E-state index is 0.156.